The number of hydrogen-bond acceptors (Lipinski definition) is 3. The molecule has 1 amide bonds. The molecule has 6 heteroatoms. The second kappa shape index (κ2) is 8.14. The monoisotopic (exact) mass is 357 g/mol. The van der Waals surface area contributed by atoms with Gasteiger partial charge in [0.1, 0.15) is 0 Å². The number of benzene rings is 1. The number of hydrogen-bond donors (Lipinski definition) is 2. The van der Waals surface area contributed by atoms with Crippen LogP contribution in [0, 0.1) is 0 Å². The molecule has 0 fully saturated rings. The van der Waals surface area contributed by atoms with Crippen molar-refractivity contribution in [3.8, 4) is 0 Å². The van der Waals surface area contributed by atoms with Crippen LogP contribution >= 0.6 is 11.6 Å². The lowest BCUT2D eigenvalue weighted by molar-refractivity contribution is 0.0948. The number of carbonyl (C=O) groups is 1. The van der Waals surface area contributed by atoms with Gasteiger partial charge in [-0.1, -0.05) is 29.8 Å². The van der Waals surface area contributed by atoms with Gasteiger partial charge in [-0.2, -0.15) is 0 Å². The Labute approximate surface area is 151 Å². The zero-order valence-electron chi connectivity index (χ0n) is 13.8. The molecule has 1 aliphatic rings. The lowest BCUT2D eigenvalue weighted by Gasteiger charge is -2.26. The molecule has 1 aliphatic heterocycles. The van der Waals surface area contributed by atoms with Gasteiger partial charge >= 0.3 is 0 Å². The third-order valence-electron chi connectivity index (χ3n) is 4.27. The second-order valence-electron chi connectivity index (χ2n) is 5.98. The predicted octanol–water partition coefficient (Wildman–Crippen LogP) is 2.55. The van der Waals surface area contributed by atoms with Crippen LogP contribution in [0.4, 0.5) is 0 Å². The summed E-state index contributed by atoms with van der Waals surface area (Å²) in [6, 6.07) is 10.8. The first-order valence-electron chi connectivity index (χ1n) is 8.26. The smallest absolute Gasteiger partial charge is 0.252 e. The molecule has 3 rings (SSSR count). The Balaban J connectivity index is 1.46. The second-order valence-corrected chi connectivity index (χ2v) is 6.42. The predicted molar refractivity (Wildman–Crippen MR) is 99.9 cm³/mol. The molecule has 25 heavy (non-hydrogen) atoms. The Kier molecular flexibility index (Phi) is 5.68. The van der Waals surface area contributed by atoms with E-state index in [1.807, 2.05) is 24.3 Å². The van der Waals surface area contributed by atoms with E-state index in [4.69, 9.17) is 11.6 Å². The van der Waals surface area contributed by atoms with E-state index in [9.17, 15) is 9.59 Å². The van der Waals surface area contributed by atoms with Gasteiger partial charge in [0, 0.05) is 43.5 Å². The number of rotatable bonds is 5. The van der Waals surface area contributed by atoms with Gasteiger partial charge in [-0.25, -0.2) is 0 Å². The van der Waals surface area contributed by atoms with Crippen molar-refractivity contribution in [3.05, 3.63) is 75.2 Å². The van der Waals surface area contributed by atoms with E-state index in [0.717, 1.165) is 31.1 Å². The standard InChI is InChI=1S/C19H20ClN3O2/c20-17-4-1-14(2-5-17)15-7-10-23(11-8-15)12-9-21-19(25)16-3-6-18(24)22-13-16/h1-7,13H,8-12H2,(H,21,25)(H,22,24). The number of aromatic amines is 1. The molecule has 2 aromatic rings. The minimum absolute atomic E-state index is 0.175. The Hall–Kier alpha value is -2.37. The van der Waals surface area contributed by atoms with Gasteiger partial charge in [-0.05, 0) is 35.8 Å². The summed E-state index contributed by atoms with van der Waals surface area (Å²) < 4.78 is 0. The van der Waals surface area contributed by atoms with Crippen molar-refractivity contribution < 1.29 is 4.79 Å². The highest BCUT2D eigenvalue weighted by Crippen LogP contribution is 2.23. The fourth-order valence-corrected chi connectivity index (χ4v) is 2.95. The molecule has 0 bridgehead atoms. The maximum absolute atomic E-state index is 12.0. The molecular formula is C19H20ClN3O2. The molecule has 1 aromatic carbocycles. The van der Waals surface area contributed by atoms with Gasteiger partial charge in [0.25, 0.3) is 5.91 Å². The van der Waals surface area contributed by atoms with E-state index < -0.39 is 0 Å². The van der Waals surface area contributed by atoms with Crippen molar-refractivity contribution in [2.45, 2.75) is 6.42 Å². The molecule has 0 saturated carbocycles. The zero-order chi connectivity index (χ0) is 17.6. The van der Waals surface area contributed by atoms with E-state index in [0.29, 0.717) is 12.1 Å². The van der Waals surface area contributed by atoms with Gasteiger partial charge in [-0.3, -0.25) is 14.5 Å². The lowest BCUT2D eigenvalue weighted by Crippen LogP contribution is -2.37. The van der Waals surface area contributed by atoms with Gasteiger partial charge in [-0.15, -0.1) is 0 Å². The molecule has 130 valence electrons. The number of aromatic nitrogens is 1. The summed E-state index contributed by atoms with van der Waals surface area (Å²) in [5.41, 5.74) is 2.80. The lowest BCUT2D eigenvalue weighted by atomic mass is 9.99. The summed E-state index contributed by atoms with van der Waals surface area (Å²) in [7, 11) is 0. The molecule has 0 atom stereocenters. The van der Waals surface area contributed by atoms with Crippen LogP contribution in [0.3, 0.4) is 0 Å². The van der Waals surface area contributed by atoms with Crippen LogP contribution in [-0.4, -0.2) is 42.0 Å². The minimum atomic E-state index is -0.215. The number of halogens is 1. The molecule has 0 spiro atoms. The van der Waals surface area contributed by atoms with E-state index in [1.165, 1.54) is 29.5 Å². The molecule has 0 radical (unpaired) electrons. The average Bonchev–Trinajstić information content (AvgIpc) is 2.63. The van der Waals surface area contributed by atoms with E-state index in [2.05, 4.69) is 21.3 Å². The highest BCUT2D eigenvalue weighted by molar-refractivity contribution is 6.30. The molecule has 5 nitrogen and oxygen atoms in total. The number of carbonyl (C=O) groups excluding carboxylic acids is 1. The van der Waals surface area contributed by atoms with Crippen molar-refractivity contribution in [1.82, 2.24) is 15.2 Å². The van der Waals surface area contributed by atoms with Crippen molar-refractivity contribution in [2.75, 3.05) is 26.2 Å². The summed E-state index contributed by atoms with van der Waals surface area (Å²) in [6.45, 7) is 3.19. The molecular weight excluding hydrogens is 338 g/mol. The van der Waals surface area contributed by atoms with Gasteiger partial charge in [0.15, 0.2) is 0 Å². The quantitative estimate of drug-likeness (QED) is 0.864. The molecule has 1 aromatic heterocycles. The maximum Gasteiger partial charge on any atom is 0.252 e. The van der Waals surface area contributed by atoms with Crippen molar-refractivity contribution in [1.29, 1.82) is 0 Å². The Bertz CT molecular complexity index is 807. The van der Waals surface area contributed by atoms with Crippen LogP contribution in [0.2, 0.25) is 5.02 Å². The largest absolute Gasteiger partial charge is 0.351 e. The van der Waals surface area contributed by atoms with Crippen molar-refractivity contribution in [3.63, 3.8) is 0 Å². The number of pyridine rings is 1. The molecule has 0 saturated heterocycles. The molecule has 2 heterocycles. The van der Waals surface area contributed by atoms with E-state index in [1.54, 1.807) is 0 Å². The average molecular weight is 358 g/mol. The number of H-pyrrole nitrogens is 1. The van der Waals surface area contributed by atoms with Crippen molar-refractivity contribution >= 4 is 23.1 Å². The topological polar surface area (TPSA) is 65.2 Å². The first kappa shape index (κ1) is 17.5. The van der Waals surface area contributed by atoms with Crippen LogP contribution in [-0.2, 0) is 0 Å². The summed E-state index contributed by atoms with van der Waals surface area (Å²) in [4.78, 5) is 27.8. The highest BCUT2D eigenvalue weighted by Gasteiger charge is 2.13. The minimum Gasteiger partial charge on any atom is -0.351 e. The zero-order valence-corrected chi connectivity index (χ0v) is 14.6. The maximum atomic E-state index is 12.0. The van der Waals surface area contributed by atoms with E-state index in [-0.39, 0.29) is 11.5 Å². The van der Waals surface area contributed by atoms with Crippen LogP contribution in [0.15, 0.2) is 53.5 Å². The fraction of sp³-hybridized carbons (Fsp3) is 0.263. The summed E-state index contributed by atoms with van der Waals surface area (Å²) >= 11 is 5.93. The van der Waals surface area contributed by atoms with Crippen molar-refractivity contribution in [2.24, 2.45) is 0 Å². The molecule has 2 N–H and O–H groups in total. The Morgan fingerprint density at radius 2 is 2.00 bits per heavy atom. The van der Waals surface area contributed by atoms with Gasteiger partial charge < -0.3 is 10.3 Å². The van der Waals surface area contributed by atoms with Crippen LogP contribution < -0.4 is 10.9 Å². The summed E-state index contributed by atoms with van der Waals surface area (Å²) in [5.74, 6) is -0.175. The number of nitrogens with zero attached hydrogens (tertiary/aromatic N) is 1. The van der Waals surface area contributed by atoms with E-state index >= 15 is 0 Å². The highest BCUT2D eigenvalue weighted by atomic mass is 35.5. The normalized spacial score (nSPS) is 14.8. The van der Waals surface area contributed by atoms with Crippen LogP contribution in [0.25, 0.3) is 5.57 Å². The summed E-state index contributed by atoms with van der Waals surface area (Å²) in [6.07, 6.45) is 4.64. The summed E-state index contributed by atoms with van der Waals surface area (Å²) in [5, 5.41) is 3.63. The Morgan fingerprint density at radius 1 is 1.20 bits per heavy atom. The number of nitrogens with one attached hydrogen (secondary N) is 2. The van der Waals surface area contributed by atoms with Crippen LogP contribution in [0.5, 0.6) is 0 Å². The van der Waals surface area contributed by atoms with Gasteiger partial charge in [0.05, 0.1) is 5.56 Å². The first-order valence-corrected chi connectivity index (χ1v) is 8.64. The third kappa shape index (κ3) is 4.81. The SMILES string of the molecule is O=C(NCCN1CC=C(c2ccc(Cl)cc2)CC1)c1ccc(=O)[nH]c1. The number of amides is 1. The Morgan fingerprint density at radius 3 is 2.64 bits per heavy atom. The van der Waals surface area contributed by atoms with Gasteiger partial charge in [0.2, 0.25) is 5.56 Å². The first-order chi connectivity index (χ1) is 12.1. The van der Waals surface area contributed by atoms with Crippen LogP contribution in [0.1, 0.15) is 22.3 Å². The molecule has 0 unspecified atom stereocenters. The molecule has 0 aliphatic carbocycles. The fourth-order valence-electron chi connectivity index (χ4n) is 2.82. The third-order valence-corrected chi connectivity index (χ3v) is 4.52.